The van der Waals surface area contributed by atoms with Crippen molar-refractivity contribution in [3.05, 3.63) is 14.3 Å². The van der Waals surface area contributed by atoms with Gasteiger partial charge in [0.2, 0.25) is 0 Å². The Balaban J connectivity index is 2.39. The second-order valence-corrected chi connectivity index (χ2v) is 7.40. The molecule has 94 valence electrons. The van der Waals surface area contributed by atoms with Crippen LogP contribution in [0.15, 0.2) is 19.5 Å². The molecule has 0 saturated carbocycles. The van der Waals surface area contributed by atoms with Crippen molar-refractivity contribution < 1.29 is 0 Å². The highest BCUT2D eigenvalue weighted by Gasteiger charge is 2.16. The predicted molar refractivity (Wildman–Crippen MR) is 80.7 cm³/mol. The van der Waals surface area contributed by atoms with Gasteiger partial charge >= 0.3 is 0 Å². The van der Waals surface area contributed by atoms with Gasteiger partial charge in [-0.3, -0.25) is 0 Å². The molecule has 2 aromatic rings. The van der Waals surface area contributed by atoms with Gasteiger partial charge in [-0.25, -0.2) is 0 Å². The first-order valence-electron chi connectivity index (χ1n) is 5.05. The van der Waals surface area contributed by atoms with Crippen LogP contribution in [0.2, 0.25) is 0 Å². The fourth-order valence-corrected chi connectivity index (χ4v) is 4.11. The highest BCUT2D eigenvalue weighted by molar-refractivity contribution is 9.13. The van der Waals surface area contributed by atoms with E-state index in [2.05, 4.69) is 48.1 Å². The number of nitriles is 1. The van der Waals surface area contributed by atoms with Gasteiger partial charge in [-0.2, -0.15) is 5.26 Å². The van der Waals surface area contributed by atoms with E-state index in [9.17, 15) is 0 Å². The molecule has 0 radical (unpaired) electrons. The average Bonchev–Trinajstić information content (AvgIpc) is 2.90. The summed E-state index contributed by atoms with van der Waals surface area (Å²) in [6.07, 6.45) is 0. The van der Waals surface area contributed by atoms with Gasteiger partial charge in [0.15, 0.2) is 11.0 Å². The van der Waals surface area contributed by atoms with Crippen LogP contribution in [-0.2, 0) is 6.54 Å². The van der Waals surface area contributed by atoms with Crippen LogP contribution in [0.4, 0.5) is 0 Å². The molecule has 0 amide bonds. The summed E-state index contributed by atoms with van der Waals surface area (Å²) in [7, 11) is 0. The third-order valence-electron chi connectivity index (χ3n) is 2.16. The molecule has 0 aliphatic heterocycles. The molecule has 2 aromatic heterocycles. The van der Waals surface area contributed by atoms with Gasteiger partial charge in [-0.15, -0.1) is 21.5 Å². The van der Waals surface area contributed by atoms with Crippen molar-refractivity contribution in [1.82, 2.24) is 14.8 Å². The summed E-state index contributed by atoms with van der Waals surface area (Å²) < 4.78 is 4.07. The molecule has 0 fully saturated rings. The molecule has 0 unspecified atom stereocenters. The lowest BCUT2D eigenvalue weighted by Crippen LogP contribution is -1.98. The van der Waals surface area contributed by atoms with Crippen LogP contribution >= 0.6 is 55.0 Å². The SMILES string of the molecule is CCn1c(SCC#N)nnc1-c1cc(Br)c(Br)s1. The molecular formula is C10H8Br2N4S2. The summed E-state index contributed by atoms with van der Waals surface area (Å²) in [4.78, 5) is 1.05. The Bertz CT molecular complexity index is 580. The van der Waals surface area contributed by atoms with E-state index in [1.165, 1.54) is 11.8 Å². The second-order valence-electron chi connectivity index (χ2n) is 3.23. The molecule has 0 N–H and O–H groups in total. The normalized spacial score (nSPS) is 10.6. The summed E-state index contributed by atoms with van der Waals surface area (Å²) in [6, 6.07) is 4.12. The monoisotopic (exact) mass is 406 g/mol. The summed E-state index contributed by atoms with van der Waals surface area (Å²) in [5.41, 5.74) is 0. The molecule has 0 atom stereocenters. The Hall–Kier alpha value is -0.360. The average molecular weight is 408 g/mol. The lowest BCUT2D eigenvalue weighted by atomic mass is 10.4. The number of rotatable bonds is 4. The van der Waals surface area contributed by atoms with Crippen molar-refractivity contribution >= 4 is 55.0 Å². The predicted octanol–water partition coefficient (Wildman–Crippen LogP) is 4.17. The second kappa shape index (κ2) is 6.19. The summed E-state index contributed by atoms with van der Waals surface area (Å²) in [6.45, 7) is 2.82. The van der Waals surface area contributed by atoms with Crippen LogP contribution in [0, 0.1) is 11.3 Å². The zero-order valence-electron chi connectivity index (χ0n) is 9.35. The van der Waals surface area contributed by atoms with Gasteiger partial charge in [-0.05, 0) is 44.8 Å². The van der Waals surface area contributed by atoms with Gasteiger partial charge in [0, 0.05) is 11.0 Å². The fourth-order valence-electron chi connectivity index (χ4n) is 1.42. The van der Waals surface area contributed by atoms with Crippen molar-refractivity contribution in [2.45, 2.75) is 18.6 Å². The van der Waals surface area contributed by atoms with E-state index < -0.39 is 0 Å². The zero-order chi connectivity index (χ0) is 13.1. The first-order chi connectivity index (χ1) is 8.67. The van der Waals surface area contributed by atoms with E-state index in [1.54, 1.807) is 11.3 Å². The van der Waals surface area contributed by atoms with E-state index >= 15 is 0 Å². The highest BCUT2D eigenvalue weighted by Crippen LogP contribution is 2.38. The minimum atomic E-state index is 0.385. The van der Waals surface area contributed by atoms with Crippen LogP contribution < -0.4 is 0 Å². The number of halogens is 2. The zero-order valence-corrected chi connectivity index (χ0v) is 14.2. The number of thioether (sulfide) groups is 1. The van der Waals surface area contributed by atoms with Crippen LogP contribution in [0.3, 0.4) is 0 Å². The quantitative estimate of drug-likeness (QED) is 0.713. The molecular weight excluding hydrogens is 400 g/mol. The van der Waals surface area contributed by atoms with Crippen molar-refractivity contribution in [2.75, 3.05) is 5.75 Å². The first-order valence-corrected chi connectivity index (χ1v) is 8.44. The van der Waals surface area contributed by atoms with Crippen molar-refractivity contribution in [3.63, 3.8) is 0 Å². The van der Waals surface area contributed by atoms with Crippen LogP contribution in [-0.4, -0.2) is 20.5 Å². The number of aromatic nitrogens is 3. The highest BCUT2D eigenvalue weighted by atomic mass is 79.9. The minimum absolute atomic E-state index is 0.385. The van der Waals surface area contributed by atoms with E-state index in [1.807, 2.05) is 17.6 Å². The molecule has 0 bridgehead atoms. The molecule has 0 aliphatic carbocycles. The van der Waals surface area contributed by atoms with Crippen LogP contribution in [0.5, 0.6) is 0 Å². The number of nitrogens with zero attached hydrogens (tertiary/aromatic N) is 4. The number of thiophene rings is 1. The van der Waals surface area contributed by atoms with Gasteiger partial charge in [-0.1, -0.05) is 11.8 Å². The largest absolute Gasteiger partial charge is 0.302 e. The van der Waals surface area contributed by atoms with Gasteiger partial charge in [0.25, 0.3) is 0 Å². The van der Waals surface area contributed by atoms with E-state index in [0.717, 1.165) is 30.7 Å². The number of hydrogen-bond donors (Lipinski definition) is 0. The topological polar surface area (TPSA) is 54.5 Å². The smallest absolute Gasteiger partial charge is 0.192 e. The van der Waals surface area contributed by atoms with Gasteiger partial charge in [0.1, 0.15) is 0 Å². The van der Waals surface area contributed by atoms with E-state index in [-0.39, 0.29) is 0 Å². The van der Waals surface area contributed by atoms with Gasteiger partial charge < -0.3 is 4.57 Å². The number of hydrogen-bond acceptors (Lipinski definition) is 5. The Kier molecular flexibility index (Phi) is 4.84. The first kappa shape index (κ1) is 14.1. The molecule has 2 rings (SSSR count). The molecule has 0 aliphatic rings. The van der Waals surface area contributed by atoms with E-state index in [4.69, 9.17) is 5.26 Å². The summed E-state index contributed by atoms with van der Waals surface area (Å²) >= 11 is 9.95. The lowest BCUT2D eigenvalue weighted by molar-refractivity contribution is 0.688. The third-order valence-corrected chi connectivity index (χ3v) is 6.25. The molecule has 0 aromatic carbocycles. The van der Waals surface area contributed by atoms with Crippen molar-refractivity contribution in [3.8, 4) is 16.8 Å². The van der Waals surface area contributed by atoms with Crippen molar-refractivity contribution in [1.29, 1.82) is 5.26 Å². The third kappa shape index (κ3) is 2.79. The Morgan fingerprint density at radius 3 is 2.83 bits per heavy atom. The minimum Gasteiger partial charge on any atom is -0.302 e. The molecule has 2 heterocycles. The molecule has 0 spiro atoms. The maximum atomic E-state index is 8.62. The Labute approximate surface area is 130 Å². The maximum Gasteiger partial charge on any atom is 0.192 e. The Morgan fingerprint density at radius 1 is 1.50 bits per heavy atom. The molecule has 8 heteroatoms. The molecule has 4 nitrogen and oxygen atoms in total. The van der Waals surface area contributed by atoms with Crippen LogP contribution in [0.25, 0.3) is 10.7 Å². The summed E-state index contributed by atoms with van der Waals surface area (Å²) in [5, 5.41) is 17.8. The molecule has 0 saturated heterocycles. The standard InChI is InChI=1S/C10H8Br2N4S2/c1-2-16-9(7-5-6(11)8(12)18-7)14-15-10(16)17-4-3-13/h5H,2,4H2,1H3. The van der Waals surface area contributed by atoms with E-state index in [0.29, 0.717) is 5.75 Å². The lowest BCUT2D eigenvalue weighted by Gasteiger charge is -2.03. The molecule has 18 heavy (non-hydrogen) atoms. The Morgan fingerprint density at radius 2 is 2.28 bits per heavy atom. The van der Waals surface area contributed by atoms with Gasteiger partial charge in [0.05, 0.1) is 20.5 Å². The maximum absolute atomic E-state index is 8.62. The van der Waals surface area contributed by atoms with Crippen molar-refractivity contribution in [2.24, 2.45) is 0 Å². The van der Waals surface area contributed by atoms with Crippen LogP contribution in [0.1, 0.15) is 6.92 Å². The summed E-state index contributed by atoms with van der Waals surface area (Å²) in [5.74, 6) is 1.23. The fraction of sp³-hybridized carbons (Fsp3) is 0.300.